The van der Waals surface area contributed by atoms with Crippen molar-refractivity contribution in [3.05, 3.63) is 34.4 Å². The van der Waals surface area contributed by atoms with Gasteiger partial charge in [0.15, 0.2) is 0 Å². The van der Waals surface area contributed by atoms with Gasteiger partial charge in [0.25, 0.3) is 0 Å². The number of rotatable bonds is 10. The van der Waals surface area contributed by atoms with Gasteiger partial charge >= 0.3 is 151 Å². The standard InChI is InChI=1S/C19H31S.Sn/c1-4-7-10-16-13-14-17(15-20)19(12-9-6-3)18(16)11-8-5-2;/h13-15,20H,4-12H2,1-3H3;. The summed E-state index contributed by atoms with van der Waals surface area (Å²) in [6, 6.07) is 4.77. The van der Waals surface area contributed by atoms with E-state index in [1.807, 2.05) is 0 Å². The van der Waals surface area contributed by atoms with Crippen LogP contribution in [-0.2, 0) is 19.3 Å². The molecule has 3 radical (unpaired) electrons. The Bertz CT molecular complexity index is 412. The van der Waals surface area contributed by atoms with Gasteiger partial charge in [-0.25, -0.2) is 0 Å². The topological polar surface area (TPSA) is 0 Å². The third kappa shape index (κ3) is 6.17. The molecule has 117 valence electrons. The number of hydrogen-bond donors (Lipinski definition) is 1. The van der Waals surface area contributed by atoms with E-state index >= 15 is 0 Å². The van der Waals surface area contributed by atoms with Gasteiger partial charge in [0.05, 0.1) is 0 Å². The summed E-state index contributed by atoms with van der Waals surface area (Å²) in [5, 5.41) is 0. The average molecular weight is 410 g/mol. The van der Waals surface area contributed by atoms with Crippen LogP contribution in [0.1, 0.15) is 84.8 Å². The summed E-state index contributed by atoms with van der Waals surface area (Å²) in [4.78, 5) is 0. The number of thiol groups is 1. The summed E-state index contributed by atoms with van der Waals surface area (Å²) in [6.07, 6.45) is 11.5. The molecule has 0 saturated carbocycles. The van der Waals surface area contributed by atoms with Gasteiger partial charge in [0.2, 0.25) is 0 Å². The van der Waals surface area contributed by atoms with Gasteiger partial charge in [-0.2, -0.15) is 0 Å². The molecule has 1 aromatic rings. The molecule has 0 N–H and O–H groups in total. The van der Waals surface area contributed by atoms with E-state index in [9.17, 15) is 0 Å². The molecule has 0 amide bonds. The predicted molar refractivity (Wildman–Crippen MR) is 99.8 cm³/mol. The van der Waals surface area contributed by atoms with Crippen LogP contribution in [0.4, 0.5) is 0 Å². The van der Waals surface area contributed by atoms with Crippen molar-refractivity contribution in [2.24, 2.45) is 0 Å². The van der Waals surface area contributed by atoms with E-state index in [0.717, 1.165) is 0 Å². The van der Waals surface area contributed by atoms with Crippen LogP contribution in [0.5, 0.6) is 0 Å². The van der Waals surface area contributed by atoms with Crippen molar-refractivity contribution in [3.63, 3.8) is 0 Å². The van der Waals surface area contributed by atoms with Crippen molar-refractivity contribution < 1.29 is 0 Å². The molecule has 1 aromatic carbocycles. The summed E-state index contributed by atoms with van der Waals surface area (Å²) in [6.45, 7) is 6.88. The Morgan fingerprint density at radius 3 is 1.90 bits per heavy atom. The molecule has 1 atom stereocenters. The zero-order valence-corrected chi connectivity index (χ0v) is 17.8. The van der Waals surface area contributed by atoms with Gasteiger partial charge in [0, 0.05) is 0 Å². The molecule has 0 fully saturated rings. The Morgan fingerprint density at radius 1 is 0.857 bits per heavy atom. The number of hydrogen-bond acceptors (Lipinski definition) is 1. The van der Waals surface area contributed by atoms with E-state index < -0.39 is 0 Å². The number of benzene rings is 1. The minimum atomic E-state index is 0.435. The molecule has 0 spiro atoms. The van der Waals surface area contributed by atoms with Crippen molar-refractivity contribution in [1.82, 2.24) is 0 Å². The van der Waals surface area contributed by atoms with Gasteiger partial charge in [-0.15, -0.1) is 0 Å². The molecule has 0 nitrogen and oxygen atoms in total. The summed E-state index contributed by atoms with van der Waals surface area (Å²) < 4.78 is 0.435. The van der Waals surface area contributed by atoms with Gasteiger partial charge < -0.3 is 0 Å². The van der Waals surface area contributed by atoms with Gasteiger partial charge in [-0.1, -0.05) is 0 Å². The molecular formula is C19H31SSn. The second-order valence-electron chi connectivity index (χ2n) is 5.98. The molecule has 0 aliphatic heterocycles. The van der Waals surface area contributed by atoms with E-state index in [1.165, 1.54) is 85.9 Å². The van der Waals surface area contributed by atoms with Crippen molar-refractivity contribution in [3.8, 4) is 0 Å². The third-order valence-electron chi connectivity index (χ3n) is 4.22. The number of aryl methyl sites for hydroxylation is 1. The van der Waals surface area contributed by atoms with E-state index in [1.54, 1.807) is 16.7 Å². The summed E-state index contributed by atoms with van der Waals surface area (Å²) in [5.41, 5.74) is 6.45. The molecule has 0 aliphatic carbocycles. The maximum absolute atomic E-state index is 4.76. The first-order valence-corrected chi connectivity index (χ1v) is 10.8. The fourth-order valence-corrected chi connectivity index (χ4v) is 3.94. The van der Waals surface area contributed by atoms with Gasteiger partial charge in [0.1, 0.15) is 0 Å². The Balaban J connectivity index is 3.19. The van der Waals surface area contributed by atoms with Gasteiger partial charge in [-0.3, -0.25) is 0 Å². The SMILES string of the molecule is CCCCc1ccc([CH](S)[Sn])c(CCCC)c1CCCC. The Morgan fingerprint density at radius 2 is 1.38 bits per heavy atom. The average Bonchev–Trinajstić information content (AvgIpc) is 2.48. The van der Waals surface area contributed by atoms with Crippen LogP contribution in [0.3, 0.4) is 0 Å². The quantitative estimate of drug-likeness (QED) is 0.365. The maximum atomic E-state index is 4.76. The zero-order chi connectivity index (χ0) is 15.7. The van der Waals surface area contributed by atoms with E-state index in [-0.39, 0.29) is 0 Å². The first-order valence-electron chi connectivity index (χ1n) is 8.68. The van der Waals surface area contributed by atoms with Crippen molar-refractivity contribution in [1.29, 1.82) is 0 Å². The minimum absolute atomic E-state index is 0.435. The Labute approximate surface area is 151 Å². The second kappa shape index (κ2) is 11.0. The molecule has 21 heavy (non-hydrogen) atoms. The molecule has 1 unspecified atom stereocenters. The molecule has 0 aromatic heterocycles. The molecule has 0 saturated heterocycles. The van der Waals surface area contributed by atoms with Crippen LogP contribution in [0.25, 0.3) is 0 Å². The van der Waals surface area contributed by atoms with Crippen LogP contribution < -0.4 is 0 Å². The molecule has 2 heteroatoms. The monoisotopic (exact) mass is 411 g/mol. The van der Waals surface area contributed by atoms with E-state index in [4.69, 9.17) is 12.6 Å². The number of unbranched alkanes of at least 4 members (excludes halogenated alkanes) is 3. The Hall–Kier alpha value is 0.369. The predicted octanol–water partition coefficient (Wildman–Crippen LogP) is 5.81. The normalized spacial score (nSPS) is 12.6. The van der Waals surface area contributed by atoms with E-state index in [2.05, 4.69) is 32.9 Å². The van der Waals surface area contributed by atoms with Crippen LogP contribution in [0.15, 0.2) is 12.1 Å². The van der Waals surface area contributed by atoms with E-state index in [0.29, 0.717) is 3.27 Å². The second-order valence-corrected chi connectivity index (χ2v) is 9.54. The molecule has 1 rings (SSSR count). The van der Waals surface area contributed by atoms with Crippen LogP contribution in [0, 0.1) is 0 Å². The fourth-order valence-electron chi connectivity index (χ4n) is 2.93. The summed E-state index contributed by atoms with van der Waals surface area (Å²) in [7, 11) is 0. The summed E-state index contributed by atoms with van der Waals surface area (Å²) >= 11 is 6.27. The van der Waals surface area contributed by atoms with Crippen LogP contribution >= 0.6 is 12.6 Å². The zero-order valence-electron chi connectivity index (χ0n) is 14.0. The van der Waals surface area contributed by atoms with Crippen molar-refractivity contribution in [2.75, 3.05) is 0 Å². The van der Waals surface area contributed by atoms with Crippen molar-refractivity contribution >= 4 is 35.2 Å². The molecular weight excluding hydrogens is 379 g/mol. The molecule has 0 aliphatic rings. The third-order valence-corrected chi connectivity index (χ3v) is 5.39. The Kier molecular flexibility index (Phi) is 10.2. The first-order chi connectivity index (χ1) is 10.2. The van der Waals surface area contributed by atoms with Crippen LogP contribution in [-0.4, -0.2) is 22.5 Å². The first kappa shape index (κ1) is 19.4. The van der Waals surface area contributed by atoms with Gasteiger partial charge in [-0.05, 0) is 0 Å². The molecule has 0 bridgehead atoms. The fraction of sp³-hybridized carbons (Fsp3) is 0.684. The summed E-state index contributed by atoms with van der Waals surface area (Å²) in [5.74, 6) is 0. The molecule has 0 heterocycles. The van der Waals surface area contributed by atoms with Crippen molar-refractivity contribution in [2.45, 2.75) is 81.8 Å². The van der Waals surface area contributed by atoms with Crippen LogP contribution in [0.2, 0.25) is 0 Å².